The van der Waals surface area contributed by atoms with Gasteiger partial charge in [-0.25, -0.2) is 4.79 Å². The van der Waals surface area contributed by atoms with Gasteiger partial charge in [-0.05, 0) is 34.9 Å². The van der Waals surface area contributed by atoms with Crippen molar-refractivity contribution in [1.82, 2.24) is 0 Å². The van der Waals surface area contributed by atoms with Gasteiger partial charge in [0, 0.05) is 4.88 Å². The predicted molar refractivity (Wildman–Crippen MR) is 122 cm³/mol. The minimum absolute atomic E-state index is 0.173. The molecule has 0 bridgehead atoms. The quantitative estimate of drug-likeness (QED) is 0.397. The summed E-state index contributed by atoms with van der Waals surface area (Å²) in [6.07, 6.45) is 0.226. The van der Waals surface area contributed by atoms with Gasteiger partial charge in [-0.2, -0.15) is 0 Å². The highest BCUT2D eigenvalue weighted by Gasteiger charge is 2.20. The van der Waals surface area contributed by atoms with Crippen molar-refractivity contribution in [1.29, 1.82) is 0 Å². The summed E-state index contributed by atoms with van der Waals surface area (Å²) in [7, 11) is 0. The van der Waals surface area contributed by atoms with E-state index in [1.54, 1.807) is 6.92 Å². The maximum Gasteiger partial charge on any atom is 0.350 e. The highest BCUT2D eigenvalue weighted by Crippen LogP contribution is 2.35. The number of ether oxygens (including phenoxy) is 1. The summed E-state index contributed by atoms with van der Waals surface area (Å²) in [6.45, 7) is 2.05. The van der Waals surface area contributed by atoms with Crippen molar-refractivity contribution in [3.05, 3.63) is 89.3 Å². The van der Waals surface area contributed by atoms with Crippen LogP contribution in [0.5, 0.6) is 0 Å². The third-order valence-electron chi connectivity index (χ3n) is 4.70. The van der Waals surface area contributed by atoms with Crippen molar-refractivity contribution in [2.45, 2.75) is 13.3 Å². The van der Waals surface area contributed by atoms with Crippen LogP contribution in [-0.4, -0.2) is 18.5 Å². The van der Waals surface area contributed by atoms with Crippen molar-refractivity contribution in [2.24, 2.45) is 0 Å². The molecular formula is C25H21NO3S. The molecule has 0 unspecified atom stereocenters. The van der Waals surface area contributed by atoms with E-state index >= 15 is 0 Å². The molecule has 1 heterocycles. The first-order valence-corrected chi connectivity index (χ1v) is 10.6. The summed E-state index contributed by atoms with van der Waals surface area (Å²) in [6, 6.07) is 25.6. The van der Waals surface area contributed by atoms with Gasteiger partial charge in [0.2, 0.25) is 5.91 Å². The molecule has 0 aliphatic carbocycles. The van der Waals surface area contributed by atoms with E-state index in [0.29, 0.717) is 10.6 Å². The van der Waals surface area contributed by atoms with Gasteiger partial charge in [-0.15, -0.1) is 11.3 Å². The average molecular weight is 416 g/mol. The molecule has 4 rings (SSSR count). The maximum absolute atomic E-state index is 12.7. The van der Waals surface area contributed by atoms with Gasteiger partial charge >= 0.3 is 5.97 Å². The lowest BCUT2D eigenvalue weighted by Gasteiger charge is -2.07. The second kappa shape index (κ2) is 8.93. The standard InChI is InChI=1S/C25H21NO3S/c1-2-29-25(28)24-21(16-22(30-24)19-9-4-3-5-10-19)26-23(27)15-17-12-13-18-8-6-7-11-20(18)14-17/h3-14,16H,2,15H2,1H3,(H,26,27). The molecule has 0 fully saturated rings. The molecule has 0 aliphatic rings. The minimum Gasteiger partial charge on any atom is -0.462 e. The third kappa shape index (κ3) is 4.42. The van der Waals surface area contributed by atoms with Crippen molar-refractivity contribution < 1.29 is 14.3 Å². The zero-order valence-electron chi connectivity index (χ0n) is 16.6. The van der Waals surface area contributed by atoms with Crippen LogP contribution >= 0.6 is 11.3 Å². The highest BCUT2D eigenvalue weighted by molar-refractivity contribution is 7.18. The number of amides is 1. The van der Waals surface area contributed by atoms with Crippen LogP contribution in [0.1, 0.15) is 22.2 Å². The van der Waals surface area contributed by atoms with E-state index in [0.717, 1.165) is 26.8 Å². The number of hydrogen-bond donors (Lipinski definition) is 1. The van der Waals surface area contributed by atoms with Crippen molar-refractivity contribution in [3.8, 4) is 10.4 Å². The van der Waals surface area contributed by atoms with E-state index < -0.39 is 5.97 Å². The Morgan fingerprint density at radius 1 is 0.900 bits per heavy atom. The Kier molecular flexibility index (Phi) is 5.91. The number of anilines is 1. The summed E-state index contributed by atoms with van der Waals surface area (Å²) in [4.78, 5) is 26.5. The van der Waals surface area contributed by atoms with Gasteiger partial charge in [0.1, 0.15) is 4.88 Å². The van der Waals surface area contributed by atoms with Gasteiger partial charge in [-0.3, -0.25) is 4.79 Å². The summed E-state index contributed by atoms with van der Waals surface area (Å²) >= 11 is 1.32. The van der Waals surface area contributed by atoms with Crippen LogP contribution in [0.4, 0.5) is 5.69 Å². The summed E-state index contributed by atoms with van der Waals surface area (Å²) in [5.41, 5.74) is 2.40. The van der Waals surface area contributed by atoms with Crippen LogP contribution in [0, 0.1) is 0 Å². The van der Waals surface area contributed by atoms with E-state index in [9.17, 15) is 9.59 Å². The molecule has 0 radical (unpaired) electrons. The Balaban J connectivity index is 1.57. The fourth-order valence-electron chi connectivity index (χ4n) is 3.31. The first-order chi connectivity index (χ1) is 14.6. The molecule has 4 aromatic rings. The van der Waals surface area contributed by atoms with Crippen LogP contribution in [0.25, 0.3) is 21.2 Å². The maximum atomic E-state index is 12.7. The Bertz CT molecular complexity index is 1200. The van der Waals surface area contributed by atoms with Crippen LogP contribution in [0.2, 0.25) is 0 Å². The summed E-state index contributed by atoms with van der Waals surface area (Å²) in [5, 5.41) is 5.14. The smallest absolute Gasteiger partial charge is 0.350 e. The molecule has 3 aromatic carbocycles. The van der Waals surface area contributed by atoms with E-state index in [1.807, 2.05) is 78.9 Å². The van der Waals surface area contributed by atoms with Crippen LogP contribution < -0.4 is 5.32 Å². The van der Waals surface area contributed by atoms with Gasteiger partial charge in [0.15, 0.2) is 0 Å². The molecule has 30 heavy (non-hydrogen) atoms. The van der Waals surface area contributed by atoms with Crippen molar-refractivity contribution in [3.63, 3.8) is 0 Å². The number of nitrogens with one attached hydrogen (secondary N) is 1. The zero-order chi connectivity index (χ0) is 20.9. The largest absolute Gasteiger partial charge is 0.462 e. The number of carbonyl (C=O) groups is 2. The monoisotopic (exact) mass is 415 g/mol. The SMILES string of the molecule is CCOC(=O)c1sc(-c2ccccc2)cc1NC(=O)Cc1ccc2ccccc2c1. The molecule has 1 aromatic heterocycles. The average Bonchev–Trinajstić information content (AvgIpc) is 3.18. The topological polar surface area (TPSA) is 55.4 Å². The first kappa shape index (κ1) is 19.9. The van der Waals surface area contributed by atoms with Gasteiger partial charge in [0.05, 0.1) is 18.7 Å². The number of carbonyl (C=O) groups excluding carboxylic acids is 2. The fraction of sp³-hybridized carbons (Fsp3) is 0.120. The molecule has 0 spiro atoms. The summed E-state index contributed by atoms with van der Waals surface area (Å²) in [5.74, 6) is -0.598. The molecule has 0 saturated heterocycles. The molecule has 1 N–H and O–H groups in total. The lowest BCUT2D eigenvalue weighted by atomic mass is 10.0. The number of benzene rings is 3. The van der Waals surface area contributed by atoms with E-state index in [2.05, 4.69) is 5.32 Å². The molecular weight excluding hydrogens is 394 g/mol. The molecule has 1 amide bonds. The first-order valence-electron chi connectivity index (χ1n) is 9.78. The van der Waals surface area contributed by atoms with E-state index in [1.165, 1.54) is 11.3 Å². The van der Waals surface area contributed by atoms with Crippen molar-refractivity contribution in [2.75, 3.05) is 11.9 Å². The number of fused-ring (bicyclic) bond motifs is 1. The fourth-order valence-corrected chi connectivity index (χ4v) is 4.32. The Morgan fingerprint density at radius 3 is 2.40 bits per heavy atom. The molecule has 0 saturated carbocycles. The second-order valence-electron chi connectivity index (χ2n) is 6.85. The molecule has 0 aliphatic heterocycles. The third-order valence-corrected chi connectivity index (χ3v) is 5.87. The molecule has 5 heteroatoms. The number of esters is 1. The summed E-state index contributed by atoms with van der Waals surface area (Å²) < 4.78 is 5.19. The van der Waals surface area contributed by atoms with Gasteiger partial charge in [-0.1, -0.05) is 72.8 Å². The van der Waals surface area contributed by atoms with Crippen LogP contribution in [-0.2, 0) is 16.0 Å². The Hall–Kier alpha value is -3.44. The van der Waals surface area contributed by atoms with Gasteiger partial charge in [0.25, 0.3) is 0 Å². The molecule has 0 atom stereocenters. The highest BCUT2D eigenvalue weighted by atomic mass is 32.1. The normalized spacial score (nSPS) is 10.7. The minimum atomic E-state index is -0.425. The van der Waals surface area contributed by atoms with Crippen LogP contribution in [0.3, 0.4) is 0 Å². The second-order valence-corrected chi connectivity index (χ2v) is 7.90. The Morgan fingerprint density at radius 2 is 1.63 bits per heavy atom. The number of hydrogen-bond acceptors (Lipinski definition) is 4. The zero-order valence-corrected chi connectivity index (χ0v) is 17.4. The lowest BCUT2D eigenvalue weighted by Crippen LogP contribution is -2.16. The Labute approximate surface area is 179 Å². The molecule has 150 valence electrons. The van der Waals surface area contributed by atoms with Crippen molar-refractivity contribution >= 4 is 39.7 Å². The number of thiophene rings is 1. The predicted octanol–water partition coefficient (Wildman–Crippen LogP) is 5.93. The van der Waals surface area contributed by atoms with Crippen LogP contribution in [0.15, 0.2) is 78.9 Å². The van der Waals surface area contributed by atoms with Gasteiger partial charge < -0.3 is 10.1 Å². The lowest BCUT2D eigenvalue weighted by molar-refractivity contribution is -0.115. The molecule has 4 nitrogen and oxygen atoms in total. The number of rotatable bonds is 6. The van der Waals surface area contributed by atoms with E-state index in [-0.39, 0.29) is 18.9 Å². The van der Waals surface area contributed by atoms with E-state index in [4.69, 9.17) is 4.74 Å².